The number of halogens is 2. The third kappa shape index (κ3) is 4.15. The van der Waals surface area contributed by atoms with E-state index >= 15 is 0 Å². The summed E-state index contributed by atoms with van der Waals surface area (Å²) in [7, 11) is 0. The lowest BCUT2D eigenvalue weighted by Gasteiger charge is -2.12. The van der Waals surface area contributed by atoms with Gasteiger partial charge in [0.05, 0.1) is 15.7 Å². The number of benzene rings is 1. The van der Waals surface area contributed by atoms with Gasteiger partial charge in [-0.1, -0.05) is 55.2 Å². The first-order chi connectivity index (χ1) is 10.3. The lowest BCUT2D eigenvalue weighted by molar-refractivity contribution is -0.118. The molecule has 2 rings (SSSR count). The van der Waals surface area contributed by atoms with Gasteiger partial charge in [-0.2, -0.15) is 0 Å². The van der Waals surface area contributed by atoms with Crippen LogP contribution >= 0.6 is 23.2 Å². The fourth-order valence-electron chi connectivity index (χ4n) is 1.62. The number of ether oxygens (including phenoxy) is 1. The molecule has 1 N–H and O–H groups in total. The van der Waals surface area contributed by atoms with Crippen LogP contribution in [0.5, 0.6) is 5.75 Å². The molecule has 22 heavy (non-hydrogen) atoms. The molecule has 0 fully saturated rings. The van der Waals surface area contributed by atoms with Crippen molar-refractivity contribution in [3.63, 3.8) is 0 Å². The maximum absolute atomic E-state index is 11.9. The number of para-hydroxylation sites is 1. The van der Waals surface area contributed by atoms with Gasteiger partial charge in [-0.25, -0.2) is 0 Å². The zero-order valence-corrected chi connectivity index (χ0v) is 14.0. The minimum absolute atomic E-state index is 0.159. The number of aromatic nitrogens is 1. The van der Waals surface area contributed by atoms with Crippen LogP contribution in [0.4, 0.5) is 5.88 Å². The topological polar surface area (TPSA) is 64.4 Å². The monoisotopic (exact) mass is 342 g/mol. The molecule has 0 spiro atoms. The Labute approximate surface area is 138 Å². The average Bonchev–Trinajstić information content (AvgIpc) is 2.86. The summed E-state index contributed by atoms with van der Waals surface area (Å²) in [6, 6.07) is 6.64. The molecule has 1 aromatic carbocycles. The first-order valence-corrected chi connectivity index (χ1v) is 7.37. The van der Waals surface area contributed by atoms with Crippen LogP contribution in [-0.4, -0.2) is 17.7 Å². The summed E-state index contributed by atoms with van der Waals surface area (Å²) >= 11 is 11.9. The summed E-state index contributed by atoms with van der Waals surface area (Å²) < 4.78 is 10.4. The summed E-state index contributed by atoms with van der Waals surface area (Å²) in [5.41, 5.74) is 0.589. The number of nitrogens with one attached hydrogen (secondary N) is 1. The quantitative estimate of drug-likeness (QED) is 0.899. The van der Waals surface area contributed by atoms with E-state index in [9.17, 15) is 4.79 Å². The van der Waals surface area contributed by atoms with Crippen molar-refractivity contribution in [1.82, 2.24) is 5.16 Å². The number of hydrogen-bond acceptors (Lipinski definition) is 4. The highest BCUT2D eigenvalue weighted by molar-refractivity contribution is 6.37. The fraction of sp³-hybridized carbons (Fsp3) is 0.333. The van der Waals surface area contributed by atoms with Gasteiger partial charge in [-0.05, 0) is 12.1 Å². The van der Waals surface area contributed by atoms with Gasteiger partial charge in [0, 0.05) is 11.5 Å². The van der Waals surface area contributed by atoms with Gasteiger partial charge < -0.3 is 9.26 Å². The Hall–Kier alpha value is -1.72. The van der Waals surface area contributed by atoms with Gasteiger partial charge in [0.25, 0.3) is 5.91 Å². The van der Waals surface area contributed by atoms with Crippen molar-refractivity contribution in [2.75, 3.05) is 11.9 Å². The van der Waals surface area contributed by atoms with Crippen LogP contribution < -0.4 is 10.1 Å². The third-order valence-electron chi connectivity index (χ3n) is 2.81. The van der Waals surface area contributed by atoms with Crippen LogP contribution in [0.15, 0.2) is 28.8 Å². The van der Waals surface area contributed by atoms with Crippen molar-refractivity contribution in [1.29, 1.82) is 0 Å². The number of anilines is 1. The van der Waals surface area contributed by atoms with Crippen molar-refractivity contribution in [3.8, 4) is 5.75 Å². The van der Waals surface area contributed by atoms with Crippen LogP contribution in [0.25, 0.3) is 0 Å². The Kier molecular flexibility index (Phi) is 4.98. The molecule has 1 amide bonds. The van der Waals surface area contributed by atoms with Crippen molar-refractivity contribution in [3.05, 3.63) is 40.0 Å². The normalized spacial score (nSPS) is 11.3. The van der Waals surface area contributed by atoms with E-state index in [1.54, 1.807) is 24.3 Å². The molecular formula is C15H16Cl2N2O3. The Morgan fingerprint density at radius 2 is 1.95 bits per heavy atom. The molecule has 0 saturated heterocycles. The molecule has 1 heterocycles. The number of nitrogens with zero attached hydrogens (tertiary/aromatic N) is 1. The molecule has 118 valence electrons. The summed E-state index contributed by atoms with van der Waals surface area (Å²) in [6.07, 6.45) is 0. The number of carbonyl (C=O) groups is 1. The molecular weight excluding hydrogens is 327 g/mol. The van der Waals surface area contributed by atoms with E-state index in [-0.39, 0.29) is 23.7 Å². The third-order valence-corrected chi connectivity index (χ3v) is 3.40. The van der Waals surface area contributed by atoms with Crippen molar-refractivity contribution in [2.45, 2.75) is 26.2 Å². The predicted octanol–water partition coefficient (Wildman–Crippen LogP) is 4.30. The standard InChI is InChI=1S/C15H16Cl2N2O3/c1-15(2,3)11-7-13(22-19-11)18-12(20)8-21-14-9(16)5-4-6-10(14)17/h4-7H,8H2,1-3H3,(H,18,20). The molecule has 0 aliphatic heterocycles. The number of hydrogen-bond donors (Lipinski definition) is 1. The molecule has 0 saturated carbocycles. The molecule has 5 nitrogen and oxygen atoms in total. The van der Waals surface area contributed by atoms with Crippen LogP contribution in [0.3, 0.4) is 0 Å². The largest absolute Gasteiger partial charge is 0.481 e. The lowest BCUT2D eigenvalue weighted by atomic mass is 9.92. The van der Waals surface area contributed by atoms with E-state index in [1.165, 1.54) is 0 Å². The smallest absolute Gasteiger partial charge is 0.264 e. The van der Waals surface area contributed by atoms with Crippen LogP contribution in [0.1, 0.15) is 26.5 Å². The van der Waals surface area contributed by atoms with Crippen molar-refractivity contribution in [2.24, 2.45) is 0 Å². The molecule has 0 unspecified atom stereocenters. The Morgan fingerprint density at radius 3 is 2.50 bits per heavy atom. The first-order valence-electron chi connectivity index (χ1n) is 6.61. The summed E-state index contributed by atoms with van der Waals surface area (Å²) in [5.74, 6) is 0.144. The lowest BCUT2D eigenvalue weighted by Crippen LogP contribution is -2.20. The van der Waals surface area contributed by atoms with E-state index in [4.69, 9.17) is 32.5 Å². The van der Waals surface area contributed by atoms with E-state index in [0.29, 0.717) is 10.0 Å². The minimum atomic E-state index is -0.396. The second-order valence-electron chi connectivity index (χ2n) is 5.71. The van der Waals surface area contributed by atoms with Gasteiger partial charge in [0.2, 0.25) is 5.88 Å². The Morgan fingerprint density at radius 1 is 1.32 bits per heavy atom. The van der Waals surface area contributed by atoms with Gasteiger partial charge in [0.1, 0.15) is 0 Å². The average molecular weight is 343 g/mol. The van der Waals surface area contributed by atoms with Crippen LogP contribution in [0, 0.1) is 0 Å². The first kappa shape index (κ1) is 16.6. The van der Waals surface area contributed by atoms with Crippen molar-refractivity contribution >= 4 is 35.0 Å². The summed E-state index contributed by atoms with van der Waals surface area (Å²) in [4.78, 5) is 11.9. The van der Waals surface area contributed by atoms with E-state index < -0.39 is 5.91 Å². The molecule has 1 aromatic heterocycles. The summed E-state index contributed by atoms with van der Waals surface area (Å²) in [5, 5.41) is 7.16. The van der Waals surface area contributed by atoms with Gasteiger partial charge >= 0.3 is 0 Å². The van der Waals surface area contributed by atoms with Crippen LogP contribution in [0.2, 0.25) is 10.0 Å². The molecule has 0 bridgehead atoms. The molecule has 2 aromatic rings. The second-order valence-corrected chi connectivity index (χ2v) is 6.53. The maximum atomic E-state index is 11.9. The zero-order valence-electron chi connectivity index (χ0n) is 12.4. The molecule has 7 heteroatoms. The second kappa shape index (κ2) is 6.58. The highest BCUT2D eigenvalue weighted by atomic mass is 35.5. The zero-order chi connectivity index (χ0) is 16.3. The van der Waals surface area contributed by atoms with Gasteiger partial charge in [-0.3, -0.25) is 10.1 Å². The molecule has 0 radical (unpaired) electrons. The number of amides is 1. The van der Waals surface area contributed by atoms with E-state index in [0.717, 1.165) is 5.69 Å². The number of rotatable bonds is 4. The Bertz CT molecular complexity index is 657. The highest BCUT2D eigenvalue weighted by Gasteiger charge is 2.20. The Balaban J connectivity index is 1.95. The minimum Gasteiger partial charge on any atom is -0.481 e. The molecule has 0 aliphatic rings. The molecule has 0 atom stereocenters. The van der Waals surface area contributed by atoms with Gasteiger partial charge in [-0.15, -0.1) is 0 Å². The van der Waals surface area contributed by atoms with Crippen LogP contribution in [-0.2, 0) is 10.2 Å². The summed E-state index contributed by atoms with van der Waals surface area (Å²) in [6.45, 7) is 5.76. The fourth-order valence-corrected chi connectivity index (χ4v) is 2.13. The maximum Gasteiger partial charge on any atom is 0.264 e. The van der Waals surface area contributed by atoms with Gasteiger partial charge in [0.15, 0.2) is 12.4 Å². The van der Waals surface area contributed by atoms with Crippen molar-refractivity contribution < 1.29 is 14.1 Å². The van der Waals surface area contributed by atoms with E-state index in [2.05, 4.69) is 10.5 Å². The highest BCUT2D eigenvalue weighted by Crippen LogP contribution is 2.32. The van der Waals surface area contributed by atoms with E-state index in [1.807, 2.05) is 20.8 Å². The predicted molar refractivity (Wildman–Crippen MR) is 85.8 cm³/mol. The SMILES string of the molecule is CC(C)(C)c1cc(NC(=O)COc2c(Cl)cccc2Cl)on1. The molecule has 0 aliphatic carbocycles. The number of carbonyl (C=O) groups excluding carboxylic acids is 1.